The van der Waals surface area contributed by atoms with Crippen molar-refractivity contribution >= 4 is 0 Å². The molecule has 2 atom stereocenters. The van der Waals surface area contributed by atoms with E-state index in [2.05, 4.69) is 6.92 Å². The monoisotopic (exact) mass is 576 g/mol. The largest absolute Gasteiger partial charge is 0.491 e. The van der Waals surface area contributed by atoms with Gasteiger partial charge in [0.1, 0.15) is 0 Å². The van der Waals surface area contributed by atoms with Crippen molar-refractivity contribution in [3.63, 3.8) is 0 Å². The summed E-state index contributed by atoms with van der Waals surface area (Å²) in [4.78, 5) is 0. The third kappa shape index (κ3) is 7.79. The molecule has 3 nitrogen and oxygen atoms in total. The van der Waals surface area contributed by atoms with Gasteiger partial charge >= 0.3 is 6.11 Å². The van der Waals surface area contributed by atoms with E-state index >= 15 is 0 Å². The lowest BCUT2D eigenvalue weighted by Crippen LogP contribution is -2.44. The van der Waals surface area contributed by atoms with E-state index in [0.29, 0.717) is 23.1 Å². The lowest BCUT2D eigenvalue weighted by Gasteiger charge is -2.33. The Morgan fingerprint density at radius 2 is 1.46 bits per heavy atom. The van der Waals surface area contributed by atoms with E-state index in [1.165, 1.54) is 37.5 Å². The molecule has 2 unspecified atom stereocenters. The number of hydrogen-bond acceptors (Lipinski definition) is 3. The van der Waals surface area contributed by atoms with Crippen LogP contribution in [-0.2, 0) is 4.74 Å². The van der Waals surface area contributed by atoms with Crippen LogP contribution in [-0.4, -0.2) is 25.4 Å². The molecule has 3 aromatic rings. The number of ether oxygens (including phenoxy) is 3. The molecule has 0 amide bonds. The van der Waals surface area contributed by atoms with Gasteiger partial charge in [-0.15, -0.1) is 0 Å². The first-order chi connectivity index (χ1) is 19.7. The van der Waals surface area contributed by atoms with Crippen LogP contribution >= 0.6 is 0 Å². The highest BCUT2D eigenvalue weighted by Gasteiger charge is 2.46. The predicted molar refractivity (Wildman–Crippen MR) is 150 cm³/mol. The zero-order chi connectivity index (χ0) is 29.4. The molecule has 1 saturated heterocycles. The molecule has 0 radical (unpaired) electrons. The Labute approximate surface area is 238 Å². The van der Waals surface area contributed by atoms with Crippen molar-refractivity contribution in [2.75, 3.05) is 13.2 Å². The van der Waals surface area contributed by atoms with Crippen LogP contribution in [0.15, 0.2) is 54.6 Å². The second kappa shape index (κ2) is 14.2. The maximum absolute atomic E-state index is 14.9. The van der Waals surface area contributed by atoms with Gasteiger partial charge in [0.25, 0.3) is 0 Å². The Hall–Kier alpha value is -3.13. The Morgan fingerprint density at radius 1 is 0.780 bits per heavy atom. The van der Waals surface area contributed by atoms with Crippen LogP contribution in [0.4, 0.5) is 22.0 Å². The number of benzene rings is 3. The molecule has 0 spiro atoms. The molecule has 41 heavy (non-hydrogen) atoms. The topological polar surface area (TPSA) is 27.7 Å². The zero-order valence-electron chi connectivity index (χ0n) is 23.5. The number of alkyl halides is 2. The third-order valence-electron chi connectivity index (χ3n) is 7.51. The minimum absolute atomic E-state index is 0.0536. The normalized spacial score (nSPS) is 17.4. The van der Waals surface area contributed by atoms with Crippen molar-refractivity contribution in [1.82, 2.24) is 0 Å². The Kier molecular flexibility index (Phi) is 10.6. The van der Waals surface area contributed by atoms with Crippen LogP contribution in [0.5, 0.6) is 11.5 Å². The van der Waals surface area contributed by atoms with Gasteiger partial charge in [-0.3, -0.25) is 0 Å². The molecule has 1 aliphatic rings. The molecule has 0 aromatic heterocycles. The first kappa shape index (κ1) is 30.8. The Morgan fingerprint density at radius 3 is 2.12 bits per heavy atom. The maximum Gasteiger partial charge on any atom is 0.424 e. The lowest BCUT2D eigenvalue weighted by atomic mass is 9.92. The molecule has 3 aromatic carbocycles. The van der Waals surface area contributed by atoms with Crippen LogP contribution in [0.3, 0.4) is 0 Å². The van der Waals surface area contributed by atoms with E-state index in [1.54, 1.807) is 31.2 Å². The van der Waals surface area contributed by atoms with Crippen molar-refractivity contribution in [3.8, 4) is 33.8 Å². The van der Waals surface area contributed by atoms with Crippen LogP contribution in [0.25, 0.3) is 22.3 Å². The third-order valence-corrected chi connectivity index (χ3v) is 7.51. The summed E-state index contributed by atoms with van der Waals surface area (Å²) in [6, 6.07) is 12.9. The second-order valence-corrected chi connectivity index (χ2v) is 10.5. The quantitative estimate of drug-likeness (QED) is 0.150. The maximum atomic E-state index is 14.9. The lowest BCUT2D eigenvalue weighted by molar-refractivity contribution is -0.265. The number of halogens is 5. The second-order valence-electron chi connectivity index (χ2n) is 10.5. The van der Waals surface area contributed by atoms with E-state index < -0.39 is 35.4 Å². The van der Waals surface area contributed by atoms with Gasteiger partial charge in [0.2, 0.25) is 5.82 Å². The molecule has 0 saturated carbocycles. The van der Waals surface area contributed by atoms with Crippen LogP contribution in [0, 0.1) is 23.4 Å². The molecule has 222 valence electrons. The highest BCUT2D eigenvalue weighted by molar-refractivity contribution is 5.71. The van der Waals surface area contributed by atoms with Gasteiger partial charge < -0.3 is 14.2 Å². The number of unbranched alkanes of at least 4 members (excludes halogenated alkanes) is 4. The molecular formula is C33H37F5O3. The summed E-state index contributed by atoms with van der Waals surface area (Å²) in [6.07, 6.45) is 2.44. The SMILES string of the molecule is CCCCCCCC1CCC(C(F)(F)Oc2ccc(-c3ccc(-c4ccc(OCC)c(F)c4F)cc3)cc2F)OC1. The first-order valence-corrected chi connectivity index (χ1v) is 14.4. The molecule has 1 aliphatic heterocycles. The Bertz CT molecular complexity index is 1270. The van der Waals surface area contributed by atoms with Gasteiger partial charge in [-0.2, -0.15) is 13.2 Å². The van der Waals surface area contributed by atoms with E-state index in [1.807, 2.05) is 0 Å². The minimum atomic E-state index is -3.67. The van der Waals surface area contributed by atoms with E-state index in [-0.39, 0.29) is 36.9 Å². The van der Waals surface area contributed by atoms with Gasteiger partial charge in [0.05, 0.1) is 13.2 Å². The minimum Gasteiger partial charge on any atom is -0.491 e. The smallest absolute Gasteiger partial charge is 0.424 e. The van der Waals surface area contributed by atoms with Crippen LogP contribution in [0.2, 0.25) is 0 Å². The average Bonchev–Trinajstić information content (AvgIpc) is 2.97. The number of hydrogen-bond donors (Lipinski definition) is 0. The summed E-state index contributed by atoms with van der Waals surface area (Å²) in [5.41, 5.74) is 1.45. The number of rotatable bonds is 13. The summed E-state index contributed by atoms with van der Waals surface area (Å²) < 4.78 is 88.8. The molecule has 0 bridgehead atoms. The van der Waals surface area contributed by atoms with E-state index in [0.717, 1.165) is 31.4 Å². The summed E-state index contributed by atoms with van der Waals surface area (Å²) in [5.74, 6) is -3.51. The molecular weight excluding hydrogens is 539 g/mol. The fourth-order valence-electron chi connectivity index (χ4n) is 5.17. The van der Waals surface area contributed by atoms with Crippen LogP contribution < -0.4 is 9.47 Å². The van der Waals surface area contributed by atoms with Crippen molar-refractivity contribution in [3.05, 3.63) is 72.0 Å². The predicted octanol–water partition coefficient (Wildman–Crippen LogP) is 9.96. The summed E-state index contributed by atoms with van der Waals surface area (Å²) in [7, 11) is 0. The Balaban J connectivity index is 1.36. The van der Waals surface area contributed by atoms with E-state index in [9.17, 15) is 22.0 Å². The first-order valence-electron chi connectivity index (χ1n) is 14.4. The van der Waals surface area contributed by atoms with Crippen LogP contribution in [0.1, 0.15) is 65.2 Å². The molecule has 0 N–H and O–H groups in total. The standard InChI is InChI=1S/C33H37F5O3/c1-3-5-6-7-8-9-22-10-19-30(40-21-22)33(37,38)41-28-17-15-25(20-27(28)34)23-11-13-24(14-12-23)26-16-18-29(39-4-2)32(36)31(26)35/h11-18,20,22,30H,3-10,19,21H2,1-2H3. The van der Waals surface area contributed by atoms with Crippen molar-refractivity contribution in [2.45, 2.75) is 77.4 Å². The highest BCUT2D eigenvalue weighted by Crippen LogP contribution is 2.37. The van der Waals surface area contributed by atoms with Gasteiger partial charge in [0.15, 0.2) is 29.2 Å². The molecule has 4 rings (SSSR count). The summed E-state index contributed by atoms with van der Waals surface area (Å²) in [5, 5.41) is 0. The fraction of sp³-hybridized carbons (Fsp3) is 0.455. The van der Waals surface area contributed by atoms with Crippen molar-refractivity contribution in [1.29, 1.82) is 0 Å². The molecule has 8 heteroatoms. The summed E-state index contributed by atoms with van der Waals surface area (Å²) in [6.45, 7) is 4.29. The average molecular weight is 577 g/mol. The van der Waals surface area contributed by atoms with Crippen molar-refractivity contribution < 1.29 is 36.2 Å². The van der Waals surface area contributed by atoms with Gasteiger partial charge in [-0.25, -0.2) is 8.78 Å². The molecule has 1 heterocycles. The molecule has 1 fully saturated rings. The van der Waals surface area contributed by atoms with Gasteiger partial charge in [-0.05, 0) is 73.1 Å². The highest BCUT2D eigenvalue weighted by atomic mass is 19.3. The summed E-state index contributed by atoms with van der Waals surface area (Å²) >= 11 is 0. The molecule has 0 aliphatic carbocycles. The van der Waals surface area contributed by atoms with Gasteiger partial charge in [-0.1, -0.05) is 69.4 Å². The zero-order valence-corrected chi connectivity index (χ0v) is 23.5. The van der Waals surface area contributed by atoms with Crippen molar-refractivity contribution in [2.24, 2.45) is 5.92 Å². The van der Waals surface area contributed by atoms with Gasteiger partial charge in [0, 0.05) is 5.56 Å². The van der Waals surface area contributed by atoms with E-state index in [4.69, 9.17) is 14.2 Å². The fourth-order valence-corrected chi connectivity index (χ4v) is 5.17.